The molecule has 0 bridgehead atoms. The van der Waals surface area contributed by atoms with Crippen LogP contribution in [-0.4, -0.2) is 50.1 Å². The summed E-state index contributed by atoms with van der Waals surface area (Å²) in [5.41, 5.74) is 2.91. The van der Waals surface area contributed by atoms with E-state index in [2.05, 4.69) is 35.4 Å². The van der Waals surface area contributed by atoms with E-state index in [1.54, 1.807) is 6.20 Å². The fourth-order valence-corrected chi connectivity index (χ4v) is 4.73. The number of fused-ring (bicyclic) bond motifs is 1. The Labute approximate surface area is 193 Å². The maximum atomic E-state index is 14.0. The van der Waals surface area contributed by atoms with Gasteiger partial charge >= 0.3 is 0 Å². The second kappa shape index (κ2) is 8.61. The van der Waals surface area contributed by atoms with E-state index >= 15 is 0 Å². The van der Waals surface area contributed by atoms with Gasteiger partial charge in [-0.15, -0.1) is 0 Å². The van der Waals surface area contributed by atoms with Gasteiger partial charge in [-0.1, -0.05) is 20.8 Å². The molecular weight excluding hydrogens is 443 g/mol. The van der Waals surface area contributed by atoms with Crippen LogP contribution >= 0.6 is 0 Å². The van der Waals surface area contributed by atoms with Crippen molar-refractivity contribution in [2.45, 2.75) is 39.0 Å². The number of sulfonamides is 1. The topological polar surface area (TPSA) is 92.3 Å². The molecule has 0 unspecified atom stereocenters. The first-order chi connectivity index (χ1) is 15.4. The molecule has 1 aromatic heterocycles. The van der Waals surface area contributed by atoms with Crippen LogP contribution in [0.2, 0.25) is 0 Å². The van der Waals surface area contributed by atoms with Gasteiger partial charge in [0.15, 0.2) is 5.78 Å². The Kier molecular flexibility index (Phi) is 6.13. The zero-order valence-corrected chi connectivity index (χ0v) is 20.2. The third-order valence-corrected chi connectivity index (χ3v) is 6.79. The van der Waals surface area contributed by atoms with Crippen LogP contribution in [0.5, 0.6) is 0 Å². The second-order valence-corrected chi connectivity index (χ2v) is 11.7. The fraction of sp³-hybridized carbons (Fsp3) is 0.458. The van der Waals surface area contributed by atoms with E-state index in [-0.39, 0.29) is 23.5 Å². The minimum Gasteiger partial charge on any atom is -0.355 e. The normalized spacial score (nSPS) is 19.7. The summed E-state index contributed by atoms with van der Waals surface area (Å²) >= 11 is 0. The van der Waals surface area contributed by atoms with E-state index in [0.717, 1.165) is 24.8 Å². The van der Waals surface area contributed by atoms with Gasteiger partial charge in [0, 0.05) is 37.2 Å². The number of carbonyl (C=O) groups is 1. The molecule has 2 heterocycles. The summed E-state index contributed by atoms with van der Waals surface area (Å²) in [5, 5.41) is 0. The predicted octanol–water partition coefficient (Wildman–Crippen LogP) is 3.51. The van der Waals surface area contributed by atoms with Crippen LogP contribution < -0.4 is 9.62 Å². The Bertz CT molecular complexity index is 1280. The lowest BCUT2D eigenvalue weighted by Gasteiger charge is -2.23. The minimum absolute atomic E-state index is 0.0289. The van der Waals surface area contributed by atoms with Gasteiger partial charge in [0.2, 0.25) is 10.0 Å². The molecule has 1 aliphatic heterocycles. The van der Waals surface area contributed by atoms with Crippen LogP contribution in [0.4, 0.5) is 10.2 Å². The summed E-state index contributed by atoms with van der Waals surface area (Å²) < 4.78 is 39.4. The molecular formula is C24H29FN4O3S. The van der Waals surface area contributed by atoms with Crippen LogP contribution in [-0.2, 0) is 20.2 Å². The number of ketones is 1. The third kappa shape index (κ3) is 5.30. The molecule has 0 amide bonds. The highest BCUT2D eigenvalue weighted by Gasteiger charge is 2.27. The Hall–Kier alpha value is -2.65. The Morgan fingerprint density at radius 1 is 1.27 bits per heavy atom. The van der Waals surface area contributed by atoms with Crippen molar-refractivity contribution in [1.82, 2.24) is 14.7 Å². The first-order valence-corrected chi connectivity index (χ1v) is 12.9. The van der Waals surface area contributed by atoms with Gasteiger partial charge in [-0.3, -0.25) is 9.78 Å². The number of hydrogen-bond donors (Lipinski definition) is 1. The highest BCUT2D eigenvalue weighted by atomic mass is 32.2. The summed E-state index contributed by atoms with van der Waals surface area (Å²) in [5.74, 6) is 0.328. The largest absolute Gasteiger partial charge is 0.355 e. The van der Waals surface area contributed by atoms with E-state index in [1.165, 1.54) is 12.2 Å². The number of allylic oxidation sites excluding steroid dienone is 4. The second-order valence-electron chi connectivity index (χ2n) is 9.87. The van der Waals surface area contributed by atoms with Gasteiger partial charge in [-0.05, 0) is 47.6 Å². The molecule has 1 aromatic carbocycles. The molecule has 4 rings (SSSR count). The molecule has 9 heteroatoms. The van der Waals surface area contributed by atoms with Crippen LogP contribution in [0, 0.1) is 5.92 Å². The Balaban J connectivity index is 1.72. The summed E-state index contributed by atoms with van der Waals surface area (Å²) in [7, 11) is -3.23. The van der Waals surface area contributed by atoms with Crippen molar-refractivity contribution >= 4 is 38.2 Å². The van der Waals surface area contributed by atoms with Gasteiger partial charge in [0.1, 0.15) is 11.6 Å². The lowest BCUT2D eigenvalue weighted by atomic mass is 9.83. The van der Waals surface area contributed by atoms with Gasteiger partial charge in [-0.2, -0.15) is 0 Å². The highest BCUT2D eigenvalue weighted by molar-refractivity contribution is 7.88. The summed E-state index contributed by atoms with van der Waals surface area (Å²) in [6.07, 6.45) is 6.28. The number of aromatic nitrogens is 2. The average Bonchev–Trinajstić information content (AvgIpc) is 3.21. The lowest BCUT2D eigenvalue weighted by molar-refractivity contribution is -0.113. The predicted molar refractivity (Wildman–Crippen MR) is 128 cm³/mol. The third-order valence-electron chi connectivity index (χ3n) is 6.10. The molecule has 33 heavy (non-hydrogen) atoms. The number of nitrogens with one attached hydrogen (secondary N) is 1. The monoisotopic (exact) mass is 472 g/mol. The Morgan fingerprint density at radius 2 is 2.03 bits per heavy atom. The zero-order valence-electron chi connectivity index (χ0n) is 19.4. The number of hydrogen-bond acceptors (Lipinski definition) is 6. The van der Waals surface area contributed by atoms with Crippen LogP contribution in [0.1, 0.15) is 44.7 Å². The maximum absolute atomic E-state index is 14.0. The van der Waals surface area contributed by atoms with Crippen molar-refractivity contribution in [3.8, 4) is 0 Å². The molecule has 2 aliphatic rings. The number of halogens is 1. The van der Waals surface area contributed by atoms with Crippen molar-refractivity contribution < 1.29 is 17.6 Å². The van der Waals surface area contributed by atoms with Crippen molar-refractivity contribution in [1.29, 1.82) is 0 Å². The Morgan fingerprint density at radius 3 is 2.73 bits per heavy atom. The number of rotatable bonds is 5. The first-order valence-electron chi connectivity index (χ1n) is 11.0. The first kappa shape index (κ1) is 23.5. The molecule has 7 nitrogen and oxygen atoms in total. The molecule has 1 saturated heterocycles. The van der Waals surface area contributed by atoms with Crippen molar-refractivity contribution in [3.05, 3.63) is 47.4 Å². The molecule has 1 atom stereocenters. The number of benzene rings is 1. The van der Waals surface area contributed by atoms with E-state index in [4.69, 9.17) is 4.98 Å². The molecule has 2 aromatic rings. The van der Waals surface area contributed by atoms with Gasteiger partial charge < -0.3 is 4.90 Å². The number of Topliss-reactive ketones (excluding diaryl/α,β-unsaturated/α-hetero) is 1. The molecule has 0 spiro atoms. The van der Waals surface area contributed by atoms with Crippen molar-refractivity contribution in [2.24, 2.45) is 5.92 Å². The van der Waals surface area contributed by atoms with Gasteiger partial charge in [0.25, 0.3) is 0 Å². The summed E-state index contributed by atoms with van der Waals surface area (Å²) in [4.78, 5) is 24.2. The lowest BCUT2D eigenvalue weighted by Crippen LogP contribution is -2.30. The van der Waals surface area contributed by atoms with Crippen molar-refractivity contribution in [2.75, 3.05) is 30.8 Å². The molecule has 0 radical (unpaired) electrons. The van der Waals surface area contributed by atoms with E-state index in [9.17, 15) is 17.6 Å². The average molecular weight is 473 g/mol. The molecule has 1 aliphatic carbocycles. The summed E-state index contributed by atoms with van der Waals surface area (Å²) in [6.45, 7) is 8.05. The number of nitrogens with zero attached hydrogens (tertiary/aromatic N) is 3. The van der Waals surface area contributed by atoms with E-state index in [1.807, 2.05) is 12.1 Å². The number of anilines is 1. The van der Waals surface area contributed by atoms with E-state index < -0.39 is 15.9 Å². The van der Waals surface area contributed by atoms with E-state index in [0.29, 0.717) is 41.1 Å². The van der Waals surface area contributed by atoms with Crippen LogP contribution in [0.15, 0.2) is 36.3 Å². The quantitative estimate of drug-likeness (QED) is 0.716. The minimum atomic E-state index is -3.23. The van der Waals surface area contributed by atoms with Gasteiger partial charge in [-0.25, -0.2) is 22.5 Å². The van der Waals surface area contributed by atoms with Crippen molar-refractivity contribution in [3.63, 3.8) is 0 Å². The fourth-order valence-electron chi connectivity index (χ4n) is 4.19. The maximum Gasteiger partial charge on any atom is 0.208 e. The SMILES string of the molecule is CC(C)(C)c1cc(C2=CC(F)=CCC2=O)c2ncc(N3CC[C@H](CNS(C)(=O)=O)C3)nc2c1. The number of carbonyl (C=O) groups excluding carboxylic acids is 1. The zero-order chi connectivity index (χ0) is 24.0. The standard InChI is InChI=1S/C24H29FN4O3S/c1-24(2,3)16-9-19(18-11-17(25)5-6-21(18)30)23-20(10-16)28-22(13-26-23)29-8-7-15(14-29)12-27-33(4,31)32/h5,9-11,13,15,27H,6-8,12,14H2,1-4H3/t15-/m1/s1. The summed E-state index contributed by atoms with van der Waals surface area (Å²) in [6, 6.07) is 3.90. The van der Waals surface area contributed by atoms with Crippen LogP contribution in [0.25, 0.3) is 16.6 Å². The highest BCUT2D eigenvalue weighted by Crippen LogP contribution is 2.34. The smallest absolute Gasteiger partial charge is 0.208 e. The molecule has 176 valence electrons. The van der Waals surface area contributed by atoms with Gasteiger partial charge in [0.05, 0.1) is 23.5 Å². The van der Waals surface area contributed by atoms with Crippen LogP contribution in [0.3, 0.4) is 0 Å². The molecule has 1 fully saturated rings. The molecule has 0 saturated carbocycles. The molecule has 1 N–H and O–H groups in total.